The van der Waals surface area contributed by atoms with Gasteiger partial charge in [-0.3, -0.25) is 14.4 Å². The van der Waals surface area contributed by atoms with Crippen LogP contribution in [0.15, 0.2) is 89.0 Å². The lowest BCUT2D eigenvalue weighted by Crippen LogP contribution is -2.15. The first-order valence-corrected chi connectivity index (χ1v) is 18.4. The van der Waals surface area contributed by atoms with Crippen molar-refractivity contribution in [2.75, 3.05) is 16.6 Å². The third-order valence-electron chi connectivity index (χ3n) is 7.53. The topological polar surface area (TPSA) is 183 Å². The number of sulfonamides is 2. The lowest BCUT2D eigenvalue weighted by molar-refractivity contribution is 0.392. The molecule has 4 N–H and O–H groups in total. The lowest BCUT2D eigenvalue weighted by atomic mass is 10.1. The Morgan fingerprint density at radius 2 is 1.63 bits per heavy atom. The van der Waals surface area contributed by atoms with Crippen LogP contribution in [0.1, 0.15) is 5.56 Å². The number of ether oxygens (including phenoxy) is 1. The van der Waals surface area contributed by atoms with Crippen LogP contribution in [-0.2, 0) is 26.5 Å². The molecule has 0 radical (unpaired) electrons. The fraction of sp³-hybridized carbons (Fsp3) is 0.0606. The van der Waals surface area contributed by atoms with E-state index in [1.807, 2.05) is 22.9 Å². The quantitative estimate of drug-likeness (QED) is 0.113. The van der Waals surface area contributed by atoms with Gasteiger partial charge < -0.3 is 14.7 Å². The van der Waals surface area contributed by atoms with E-state index in [2.05, 4.69) is 24.7 Å². The van der Waals surface area contributed by atoms with E-state index < -0.39 is 54.0 Å². The molecule has 0 atom stereocenters. The number of nitriles is 1. The SMILES string of the molecule is COc1nc(NS(=O)(=O)c2c[nH]c3cc(Cl)ccc23)c(F)cc1CC#N.O=S(=O)(Nc1cc(F)c(Cl)cc1F)c1cnc2c1ccc1ccc[nH]c12. The average molecular weight is 789 g/mol. The Labute approximate surface area is 303 Å². The van der Waals surface area contributed by atoms with Crippen LogP contribution in [0.2, 0.25) is 10.0 Å². The van der Waals surface area contributed by atoms with Crippen LogP contribution in [0.3, 0.4) is 0 Å². The second-order valence-electron chi connectivity index (χ2n) is 10.8. The Hall–Kier alpha value is -5.54. The zero-order valence-corrected chi connectivity index (χ0v) is 29.4. The Bertz CT molecular complexity index is 2790. The predicted molar refractivity (Wildman–Crippen MR) is 190 cm³/mol. The van der Waals surface area contributed by atoms with Crippen molar-refractivity contribution in [2.45, 2.75) is 16.2 Å². The number of H-pyrrole nitrogens is 2. The summed E-state index contributed by atoms with van der Waals surface area (Å²) in [5.74, 6) is -3.38. The van der Waals surface area contributed by atoms with Gasteiger partial charge in [0.15, 0.2) is 11.6 Å². The number of benzene rings is 3. The number of halogens is 5. The van der Waals surface area contributed by atoms with Crippen LogP contribution in [0.5, 0.6) is 5.88 Å². The van der Waals surface area contributed by atoms with Crippen molar-refractivity contribution in [3.63, 3.8) is 0 Å². The van der Waals surface area contributed by atoms with Crippen molar-refractivity contribution in [3.8, 4) is 11.9 Å². The van der Waals surface area contributed by atoms with Gasteiger partial charge in [-0.25, -0.2) is 30.0 Å². The molecule has 19 heteroatoms. The van der Waals surface area contributed by atoms with E-state index in [1.165, 1.54) is 19.5 Å². The number of nitrogens with zero attached hydrogens (tertiary/aromatic N) is 3. The highest BCUT2D eigenvalue weighted by Gasteiger charge is 2.24. The molecular weight excluding hydrogens is 766 g/mol. The van der Waals surface area contributed by atoms with Crippen molar-refractivity contribution in [1.82, 2.24) is 19.9 Å². The highest BCUT2D eigenvalue weighted by Crippen LogP contribution is 2.32. The van der Waals surface area contributed by atoms with E-state index in [1.54, 1.807) is 36.5 Å². The van der Waals surface area contributed by atoms with Crippen molar-refractivity contribution in [3.05, 3.63) is 112 Å². The highest BCUT2D eigenvalue weighted by molar-refractivity contribution is 7.93. The van der Waals surface area contributed by atoms with Crippen LogP contribution < -0.4 is 14.2 Å². The number of aromatic nitrogens is 4. The van der Waals surface area contributed by atoms with E-state index in [4.69, 9.17) is 33.2 Å². The first-order chi connectivity index (χ1) is 24.7. The molecule has 0 saturated heterocycles. The van der Waals surface area contributed by atoms with Crippen LogP contribution in [0, 0.1) is 28.8 Å². The van der Waals surface area contributed by atoms with Crippen molar-refractivity contribution in [1.29, 1.82) is 5.26 Å². The number of aromatic amines is 2. The molecule has 7 aromatic rings. The van der Waals surface area contributed by atoms with Gasteiger partial charge in [0, 0.05) is 56.9 Å². The van der Waals surface area contributed by atoms with Gasteiger partial charge in [0.1, 0.15) is 21.4 Å². The summed E-state index contributed by atoms with van der Waals surface area (Å²) < 4.78 is 102. The minimum atomic E-state index is -4.19. The Kier molecular flexibility index (Phi) is 9.92. The molecule has 0 aliphatic rings. The molecular formula is C33H22Cl2F3N7O5S2. The van der Waals surface area contributed by atoms with E-state index in [-0.39, 0.29) is 27.7 Å². The van der Waals surface area contributed by atoms with Crippen molar-refractivity contribution >= 4 is 87.5 Å². The molecule has 0 fully saturated rings. The fourth-order valence-electron chi connectivity index (χ4n) is 5.17. The van der Waals surface area contributed by atoms with E-state index in [9.17, 15) is 30.0 Å². The lowest BCUT2D eigenvalue weighted by Gasteiger charge is -2.11. The number of hydrogen-bond acceptors (Lipinski definition) is 8. The van der Waals surface area contributed by atoms with Gasteiger partial charge in [-0.15, -0.1) is 0 Å². The first-order valence-electron chi connectivity index (χ1n) is 14.6. The van der Waals surface area contributed by atoms with E-state index in [0.717, 1.165) is 11.5 Å². The number of methoxy groups -OCH3 is 1. The molecule has 3 aromatic carbocycles. The van der Waals surface area contributed by atoms with Crippen LogP contribution in [0.25, 0.3) is 32.7 Å². The molecule has 266 valence electrons. The fourth-order valence-corrected chi connectivity index (χ4v) is 7.88. The summed E-state index contributed by atoms with van der Waals surface area (Å²) in [5.41, 5.74) is 1.35. The molecule has 12 nitrogen and oxygen atoms in total. The van der Waals surface area contributed by atoms with Gasteiger partial charge >= 0.3 is 0 Å². The van der Waals surface area contributed by atoms with Gasteiger partial charge in [0.25, 0.3) is 20.0 Å². The van der Waals surface area contributed by atoms with Crippen molar-refractivity contribution in [2.24, 2.45) is 0 Å². The molecule has 0 unspecified atom stereocenters. The minimum Gasteiger partial charge on any atom is -0.481 e. The smallest absolute Gasteiger partial charge is 0.265 e. The van der Waals surface area contributed by atoms with Gasteiger partial charge in [0.2, 0.25) is 5.88 Å². The molecule has 0 aliphatic carbocycles. The zero-order chi connectivity index (χ0) is 37.4. The summed E-state index contributed by atoms with van der Waals surface area (Å²) in [6.07, 6.45) is 4.04. The Morgan fingerprint density at radius 1 is 0.885 bits per heavy atom. The maximum atomic E-state index is 14.2. The summed E-state index contributed by atoms with van der Waals surface area (Å²) in [6, 6.07) is 16.0. The second kappa shape index (κ2) is 14.2. The zero-order valence-electron chi connectivity index (χ0n) is 26.3. The molecule has 0 saturated carbocycles. The predicted octanol–water partition coefficient (Wildman–Crippen LogP) is 7.68. The molecule has 0 bridgehead atoms. The highest BCUT2D eigenvalue weighted by atomic mass is 35.5. The van der Waals surface area contributed by atoms with Gasteiger partial charge in [-0.2, -0.15) is 10.2 Å². The van der Waals surface area contributed by atoms with E-state index in [0.29, 0.717) is 44.5 Å². The van der Waals surface area contributed by atoms with Crippen molar-refractivity contribution < 1.29 is 34.7 Å². The third kappa shape index (κ3) is 7.14. The summed E-state index contributed by atoms with van der Waals surface area (Å²) in [7, 11) is -7.03. The average Bonchev–Trinajstić information content (AvgIpc) is 3.74. The van der Waals surface area contributed by atoms with E-state index >= 15 is 0 Å². The largest absolute Gasteiger partial charge is 0.481 e. The van der Waals surface area contributed by atoms with Crippen LogP contribution >= 0.6 is 23.2 Å². The first kappa shape index (κ1) is 36.3. The number of anilines is 2. The second-order valence-corrected chi connectivity index (χ2v) is 15.0. The van der Waals surface area contributed by atoms with Gasteiger partial charge in [-0.1, -0.05) is 41.4 Å². The Balaban J connectivity index is 0.000000179. The molecule has 0 spiro atoms. The molecule has 4 aromatic heterocycles. The maximum Gasteiger partial charge on any atom is 0.265 e. The summed E-state index contributed by atoms with van der Waals surface area (Å²) in [4.78, 5) is 13.6. The molecule has 4 heterocycles. The number of rotatable bonds is 8. The van der Waals surface area contributed by atoms with Gasteiger partial charge in [0.05, 0.1) is 41.3 Å². The summed E-state index contributed by atoms with van der Waals surface area (Å²) in [6.45, 7) is 0. The Morgan fingerprint density at radius 3 is 2.38 bits per heavy atom. The minimum absolute atomic E-state index is 0.0311. The third-order valence-corrected chi connectivity index (χ3v) is 10.8. The summed E-state index contributed by atoms with van der Waals surface area (Å²) in [5, 5.41) is 10.4. The number of fused-ring (bicyclic) bond motifs is 4. The molecule has 0 aliphatic heterocycles. The molecule has 0 amide bonds. The number of hydrogen-bond donors (Lipinski definition) is 4. The summed E-state index contributed by atoms with van der Waals surface area (Å²) >= 11 is 11.4. The normalized spacial score (nSPS) is 11.6. The van der Waals surface area contributed by atoms with Gasteiger partial charge in [-0.05, 0) is 36.4 Å². The molecule has 52 heavy (non-hydrogen) atoms. The molecule has 7 rings (SSSR count). The monoisotopic (exact) mass is 787 g/mol. The number of pyridine rings is 2. The van der Waals surface area contributed by atoms with Crippen LogP contribution in [0.4, 0.5) is 24.7 Å². The van der Waals surface area contributed by atoms with Crippen LogP contribution in [-0.4, -0.2) is 43.9 Å². The number of nitrogens with one attached hydrogen (secondary N) is 4. The maximum absolute atomic E-state index is 14.2. The standard InChI is InChI=1S/C17H10ClF2N3O2S.C16H12ClFN4O3S/c18-11-6-13(20)14(7-12(11)19)23-26(24,25)15-8-22-17-10(15)4-3-9-2-1-5-21-16(9)17;1-25-16-9(4-5-19)6-12(18)15(21-16)22-26(23,24)14-8-20-13-7-10(17)2-3-11(13)14/h1-8,21,23H;2-3,6-8,20H,4H2,1H3,(H,21,22).